The fourth-order valence-electron chi connectivity index (χ4n) is 2.86. The summed E-state index contributed by atoms with van der Waals surface area (Å²) < 4.78 is 11.1. The maximum Gasteiger partial charge on any atom is 0.227 e. The number of fused-ring (bicyclic) bond motifs is 1. The molecule has 2 heterocycles. The van der Waals surface area contributed by atoms with Crippen LogP contribution in [0, 0.1) is 5.92 Å². The van der Waals surface area contributed by atoms with E-state index >= 15 is 0 Å². The molecule has 1 fully saturated rings. The molecular weight excluding hydrogens is 308 g/mol. The molecule has 1 atom stereocenters. The standard InChI is InChI=1S/C18H24N2O4/c1-4-18(2,3)19-17(22)12-9-16(21)20(11-12)13-5-6-14-15(10-13)24-8-7-23-14/h5-6,10,12H,4,7-9,11H2,1-3H3,(H,19,22)/t12-/m0/s1. The molecule has 0 radical (unpaired) electrons. The van der Waals surface area contributed by atoms with E-state index in [-0.39, 0.29) is 29.7 Å². The van der Waals surface area contributed by atoms with Gasteiger partial charge >= 0.3 is 0 Å². The van der Waals surface area contributed by atoms with E-state index in [1.54, 1.807) is 4.90 Å². The zero-order chi connectivity index (χ0) is 17.3. The first kappa shape index (κ1) is 16.6. The predicted molar refractivity (Wildman–Crippen MR) is 90.4 cm³/mol. The minimum atomic E-state index is -0.323. The second kappa shape index (κ2) is 6.34. The van der Waals surface area contributed by atoms with E-state index in [1.165, 1.54) is 0 Å². The van der Waals surface area contributed by atoms with Crippen LogP contribution in [0.4, 0.5) is 5.69 Å². The number of anilines is 1. The largest absolute Gasteiger partial charge is 0.486 e. The Morgan fingerprint density at radius 3 is 2.71 bits per heavy atom. The van der Waals surface area contributed by atoms with E-state index in [0.717, 1.165) is 12.1 Å². The van der Waals surface area contributed by atoms with Crippen LogP contribution in [0.15, 0.2) is 18.2 Å². The Morgan fingerprint density at radius 1 is 1.29 bits per heavy atom. The zero-order valence-corrected chi connectivity index (χ0v) is 14.4. The number of hydrogen-bond donors (Lipinski definition) is 1. The SMILES string of the molecule is CCC(C)(C)NC(=O)[C@H]1CC(=O)N(c2ccc3c(c2)OCCO3)C1. The van der Waals surface area contributed by atoms with E-state index in [4.69, 9.17) is 9.47 Å². The minimum absolute atomic E-state index is 0.0406. The van der Waals surface area contributed by atoms with E-state index in [9.17, 15) is 9.59 Å². The second-order valence-electron chi connectivity index (χ2n) is 6.96. The van der Waals surface area contributed by atoms with Crippen molar-refractivity contribution in [3.05, 3.63) is 18.2 Å². The molecule has 2 amide bonds. The highest BCUT2D eigenvalue weighted by atomic mass is 16.6. The number of amides is 2. The summed E-state index contributed by atoms with van der Waals surface area (Å²) in [6.07, 6.45) is 1.07. The predicted octanol–water partition coefficient (Wildman–Crippen LogP) is 2.12. The number of carbonyl (C=O) groups excluding carboxylic acids is 2. The van der Waals surface area contributed by atoms with Crippen molar-refractivity contribution in [3.63, 3.8) is 0 Å². The minimum Gasteiger partial charge on any atom is -0.486 e. The van der Waals surface area contributed by atoms with Gasteiger partial charge in [-0.3, -0.25) is 9.59 Å². The maximum atomic E-state index is 12.4. The molecule has 130 valence electrons. The van der Waals surface area contributed by atoms with Gasteiger partial charge in [-0.25, -0.2) is 0 Å². The molecule has 2 aliphatic heterocycles. The molecule has 24 heavy (non-hydrogen) atoms. The lowest BCUT2D eigenvalue weighted by Gasteiger charge is -2.26. The van der Waals surface area contributed by atoms with Gasteiger partial charge in [0.05, 0.1) is 5.92 Å². The lowest BCUT2D eigenvalue weighted by Crippen LogP contribution is -2.46. The van der Waals surface area contributed by atoms with Crippen LogP contribution in [0.1, 0.15) is 33.6 Å². The van der Waals surface area contributed by atoms with E-state index in [0.29, 0.717) is 31.3 Å². The van der Waals surface area contributed by atoms with Crippen LogP contribution in [0.3, 0.4) is 0 Å². The van der Waals surface area contributed by atoms with Crippen LogP contribution >= 0.6 is 0 Å². The third-order valence-corrected chi connectivity index (χ3v) is 4.68. The summed E-state index contributed by atoms with van der Waals surface area (Å²) in [7, 11) is 0. The summed E-state index contributed by atoms with van der Waals surface area (Å²) in [5.41, 5.74) is 0.485. The van der Waals surface area contributed by atoms with Gasteiger partial charge < -0.3 is 19.7 Å². The van der Waals surface area contributed by atoms with E-state index in [1.807, 2.05) is 39.0 Å². The summed E-state index contributed by atoms with van der Waals surface area (Å²) in [6.45, 7) is 7.43. The first-order valence-corrected chi connectivity index (χ1v) is 8.41. The van der Waals surface area contributed by atoms with Gasteiger partial charge in [-0.2, -0.15) is 0 Å². The molecule has 1 aromatic rings. The Bertz CT molecular complexity index is 656. The first-order chi connectivity index (χ1) is 11.4. The Kier molecular flexibility index (Phi) is 4.39. The normalized spacial score (nSPS) is 20.2. The van der Waals surface area contributed by atoms with Crippen LogP contribution < -0.4 is 19.7 Å². The summed E-state index contributed by atoms with van der Waals surface area (Å²) in [5.74, 6) is 0.912. The molecule has 1 saturated heterocycles. The van der Waals surface area contributed by atoms with Crippen molar-refractivity contribution < 1.29 is 19.1 Å². The van der Waals surface area contributed by atoms with Crippen molar-refractivity contribution in [3.8, 4) is 11.5 Å². The highest BCUT2D eigenvalue weighted by molar-refractivity contribution is 6.00. The molecule has 0 saturated carbocycles. The van der Waals surface area contributed by atoms with Gasteiger partial charge in [0, 0.05) is 30.3 Å². The smallest absolute Gasteiger partial charge is 0.227 e. The van der Waals surface area contributed by atoms with Crippen molar-refractivity contribution in [1.29, 1.82) is 0 Å². The number of hydrogen-bond acceptors (Lipinski definition) is 4. The maximum absolute atomic E-state index is 12.4. The molecule has 0 spiro atoms. The van der Waals surface area contributed by atoms with Crippen molar-refractivity contribution in [1.82, 2.24) is 5.32 Å². The Balaban J connectivity index is 1.72. The number of nitrogens with zero attached hydrogens (tertiary/aromatic N) is 1. The van der Waals surface area contributed by atoms with Gasteiger partial charge in [0.25, 0.3) is 0 Å². The molecule has 1 N–H and O–H groups in total. The number of benzene rings is 1. The highest BCUT2D eigenvalue weighted by Gasteiger charge is 2.37. The number of carbonyl (C=O) groups is 2. The Morgan fingerprint density at radius 2 is 2.00 bits per heavy atom. The first-order valence-electron chi connectivity index (χ1n) is 8.41. The van der Waals surface area contributed by atoms with Gasteiger partial charge in [0.1, 0.15) is 13.2 Å². The van der Waals surface area contributed by atoms with Crippen molar-refractivity contribution in [2.75, 3.05) is 24.7 Å². The molecule has 2 aliphatic rings. The zero-order valence-electron chi connectivity index (χ0n) is 14.4. The highest BCUT2D eigenvalue weighted by Crippen LogP contribution is 2.36. The van der Waals surface area contributed by atoms with Crippen LogP contribution in [0.2, 0.25) is 0 Å². The van der Waals surface area contributed by atoms with E-state index < -0.39 is 0 Å². The van der Waals surface area contributed by atoms with Crippen LogP contribution in [0.25, 0.3) is 0 Å². The Labute approximate surface area is 142 Å². The molecule has 0 unspecified atom stereocenters. The molecule has 6 heteroatoms. The van der Waals surface area contributed by atoms with Gasteiger partial charge in [0.2, 0.25) is 11.8 Å². The van der Waals surface area contributed by atoms with Crippen LogP contribution in [-0.2, 0) is 9.59 Å². The summed E-state index contributed by atoms with van der Waals surface area (Å²) in [5, 5.41) is 3.03. The second-order valence-corrected chi connectivity index (χ2v) is 6.96. The molecular formula is C18H24N2O4. The summed E-state index contributed by atoms with van der Waals surface area (Å²) in [6, 6.07) is 5.45. The van der Waals surface area contributed by atoms with Gasteiger partial charge in [-0.05, 0) is 32.4 Å². The van der Waals surface area contributed by atoms with Crippen molar-refractivity contribution in [2.24, 2.45) is 5.92 Å². The lowest BCUT2D eigenvalue weighted by molar-refractivity contribution is -0.127. The molecule has 6 nitrogen and oxygen atoms in total. The average molecular weight is 332 g/mol. The monoisotopic (exact) mass is 332 g/mol. The summed E-state index contributed by atoms with van der Waals surface area (Å²) in [4.78, 5) is 26.5. The van der Waals surface area contributed by atoms with E-state index in [2.05, 4.69) is 5.32 Å². The quantitative estimate of drug-likeness (QED) is 0.917. The Hall–Kier alpha value is -2.24. The topological polar surface area (TPSA) is 67.9 Å². The number of rotatable bonds is 4. The lowest BCUT2D eigenvalue weighted by atomic mass is 9.99. The molecule has 3 rings (SSSR count). The van der Waals surface area contributed by atoms with Crippen LogP contribution in [0.5, 0.6) is 11.5 Å². The van der Waals surface area contributed by atoms with Crippen molar-refractivity contribution in [2.45, 2.75) is 39.2 Å². The van der Waals surface area contributed by atoms with Gasteiger partial charge in [-0.1, -0.05) is 6.92 Å². The third-order valence-electron chi connectivity index (χ3n) is 4.68. The third kappa shape index (κ3) is 3.32. The summed E-state index contributed by atoms with van der Waals surface area (Å²) >= 11 is 0. The molecule has 1 aromatic carbocycles. The number of nitrogens with one attached hydrogen (secondary N) is 1. The van der Waals surface area contributed by atoms with Gasteiger partial charge in [0.15, 0.2) is 11.5 Å². The average Bonchev–Trinajstić information content (AvgIpc) is 2.96. The fourth-order valence-corrected chi connectivity index (χ4v) is 2.86. The molecule has 0 aromatic heterocycles. The molecule has 0 aliphatic carbocycles. The van der Waals surface area contributed by atoms with Gasteiger partial charge in [-0.15, -0.1) is 0 Å². The molecule has 0 bridgehead atoms. The fraction of sp³-hybridized carbons (Fsp3) is 0.556. The van der Waals surface area contributed by atoms with Crippen molar-refractivity contribution >= 4 is 17.5 Å². The number of ether oxygens (including phenoxy) is 2. The van der Waals surface area contributed by atoms with Crippen LogP contribution in [-0.4, -0.2) is 37.1 Å².